The zero-order chi connectivity index (χ0) is 25.6. The second-order valence-corrected chi connectivity index (χ2v) is 9.69. The van der Waals surface area contributed by atoms with E-state index >= 15 is 8.78 Å². The molecule has 0 radical (unpaired) electrons. The van der Waals surface area contributed by atoms with E-state index in [9.17, 15) is 14.7 Å². The Kier molecular flexibility index (Phi) is 6.35. The fourth-order valence-electron chi connectivity index (χ4n) is 4.10. The van der Waals surface area contributed by atoms with Crippen molar-refractivity contribution in [3.05, 3.63) is 70.6 Å². The summed E-state index contributed by atoms with van der Waals surface area (Å²) < 4.78 is 38.6. The van der Waals surface area contributed by atoms with Crippen LogP contribution in [0.25, 0.3) is 16.6 Å². The monoisotopic (exact) mass is 532 g/mol. The number of carboxylic acid groups (broad SMARTS) is 1. The highest BCUT2D eigenvalue weighted by Gasteiger charge is 2.35. The van der Waals surface area contributed by atoms with E-state index in [-0.39, 0.29) is 34.5 Å². The Hall–Kier alpha value is -3.57. The molecule has 0 aliphatic heterocycles. The average molecular weight is 533 g/mol. The van der Waals surface area contributed by atoms with E-state index < -0.39 is 29.3 Å². The number of hydrogen-bond acceptors (Lipinski definition) is 5. The van der Waals surface area contributed by atoms with Crippen molar-refractivity contribution < 1.29 is 28.2 Å². The lowest BCUT2D eigenvalue weighted by Gasteiger charge is -2.11. The molecule has 1 aliphatic carbocycles. The van der Waals surface area contributed by atoms with Crippen LogP contribution >= 0.6 is 23.4 Å². The molecule has 2 aromatic heterocycles. The molecule has 0 atom stereocenters. The summed E-state index contributed by atoms with van der Waals surface area (Å²) in [5, 5.41) is 14.1. The van der Waals surface area contributed by atoms with Gasteiger partial charge in [0.25, 0.3) is 0 Å². The summed E-state index contributed by atoms with van der Waals surface area (Å²) in [6.45, 7) is 0.248. The summed E-state index contributed by atoms with van der Waals surface area (Å²) in [6, 6.07) is 7.28. The van der Waals surface area contributed by atoms with E-state index in [0.29, 0.717) is 16.0 Å². The van der Waals surface area contributed by atoms with Crippen molar-refractivity contribution in [3.63, 3.8) is 0 Å². The van der Waals surface area contributed by atoms with Crippen molar-refractivity contribution in [3.8, 4) is 5.69 Å². The first-order valence-electron chi connectivity index (χ1n) is 10.9. The van der Waals surface area contributed by atoms with Gasteiger partial charge in [-0.25, -0.2) is 18.4 Å². The zero-order valence-corrected chi connectivity index (χ0v) is 20.2. The number of hydrogen-bond donors (Lipinski definition) is 2. The fraction of sp³-hybridized carbons (Fsp3) is 0.208. The van der Waals surface area contributed by atoms with Gasteiger partial charge in [-0.2, -0.15) is 5.10 Å². The van der Waals surface area contributed by atoms with E-state index in [1.165, 1.54) is 28.9 Å². The number of amides is 1. The SMILES string of the molecule is NC(=O)OCCn1cc(-n2c(C3CC3)c(Sc3cccc(C(=O)O)c3F)c3ccc(Cl)c(F)c32)cn1. The number of carbonyl (C=O) groups excluding carboxylic acids is 1. The molecule has 8 nitrogen and oxygen atoms in total. The van der Waals surface area contributed by atoms with E-state index in [2.05, 4.69) is 5.10 Å². The van der Waals surface area contributed by atoms with Gasteiger partial charge in [0.2, 0.25) is 0 Å². The number of fused-ring (bicyclic) bond motifs is 1. The van der Waals surface area contributed by atoms with Crippen molar-refractivity contribution >= 4 is 46.3 Å². The molecule has 2 aromatic carbocycles. The number of primary amides is 1. The predicted molar refractivity (Wildman–Crippen MR) is 129 cm³/mol. The van der Waals surface area contributed by atoms with Crippen LogP contribution in [0.1, 0.15) is 34.8 Å². The van der Waals surface area contributed by atoms with Gasteiger partial charge in [-0.15, -0.1) is 0 Å². The van der Waals surface area contributed by atoms with Crippen LogP contribution in [0.5, 0.6) is 0 Å². The van der Waals surface area contributed by atoms with Crippen molar-refractivity contribution in [2.75, 3.05) is 6.61 Å². The van der Waals surface area contributed by atoms with Crippen molar-refractivity contribution in [1.29, 1.82) is 0 Å². The number of nitrogens with zero attached hydrogens (tertiary/aromatic N) is 3. The summed E-state index contributed by atoms with van der Waals surface area (Å²) in [5.41, 5.74) is 6.09. The Morgan fingerprint density at radius 2 is 2.00 bits per heavy atom. The molecule has 4 aromatic rings. The maximum absolute atomic E-state index is 15.5. The first-order valence-corrected chi connectivity index (χ1v) is 12.1. The molecule has 186 valence electrons. The van der Waals surface area contributed by atoms with Crippen LogP contribution in [0, 0.1) is 11.6 Å². The maximum Gasteiger partial charge on any atom is 0.404 e. The third-order valence-electron chi connectivity index (χ3n) is 5.82. The molecule has 3 N–H and O–H groups in total. The number of aromatic nitrogens is 3. The van der Waals surface area contributed by atoms with Gasteiger partial charge in [-0.05, 0) is 37.1 Å². The molecule has 0 bridgehead atoms. The number of nitrogens with two attached hydrogens (primary N) is 1. The minimum atomic E-state index is -1.37. The fourth-order valence-corrected chi connectivity index (χ4v) is 5.45. The summed E-state index contributed by atoms with van der Waals surface area (Å²) in [6.07, 6.45) is 4.05. The number of carboxylic acids is 1. The Morgan fingerprint density at radius 1 is 1.22 bits per heavy atom. The van der Waals surface area contributed by atoms with Crippen LogP contribution in [-0.4, -0.2) is 38.1 Å². The maximum atomic E-state index is 15.5. The Bertz CT molecular complexity index is 1520. The highest BCUT2D eigenvalue weighted by Crippen LogP contribution is 2.51. The number of carbonyl (C=O) groups is 2. The highest BCUT2D eigenvalue weighted by molar-refractivity contribution is 7.99. The van der Waals surface area contributed by atoms with Crippen LogP contribution in [-0.2, 0) is 11.3 Å². The van der Waals surface area contributed by atoms with Gasteiger partial charge in [-0.3, -0.25) is 4.68 Å². The first-order chi connectivity index (χ1) is 17.3. The molecule has 36 heavy (non-hydrogen) atoms. The predicted octanol–water partition coefficient (Wildman–Crippen LogP) is 5.58. The van der Waals surface area contributed by atoms with Crippen LogP contribution in [0.15, 0.2) is 52.5 Å². The first kappa shape index (κ1) is 24.1. The van der Waals surface area contributed by atoms with Crippen LogP contribution in [0.4, 0.5) is 13.6 Å². The highest BCUT2D eigenvalue weighted by atomic mass is 35.5. The summed E-state index contributed by atoms with van der Waals surface area (Å²) in [4.78, 5) is 23.0. The third kappa shape index (κ3) is 4.40. The van der Waals surface area contributed by atoms with Crippen LogP contribution in [0.2, 0.25) is 5.02 Å². The molecular formula is C24H19ClF2N4O4S. The number of aromatic carboxylic acids is 1. The van der Waals surface area contributed by atoms with Gasteiger partial charge in [0.05, 0.1) is 34.5 Å². The van der Waals surface area contributed by atoms with E-state index in [0.717, 1.165) is 30.3 Å². The van der Waals surface area contributed by atoms with Crippen LogP contribution in [0.3, 0.4) is 0 Å². The van der Waals surface area contributed by atoms with Crippen molar-refractivity contribution in [2.24, 2.45) is 5.73 Å². The quantitative estimate of drug-likeness (QED) is 0.306. The lowest BCUT2D eigenvalue weighted by atomic mass is 10.2. The van der Waals surface area contributed by atoms with Crippen molar-refractivity contribution in [1.82, 2.24) is 14.3 Å². The smallest absolute Gasteiger partial charge is 0.404 e. The van der Waals surface area contributed by atoms with E-state index in [1.807, 2.05) is 0 Å². The van der Waals surface area contributed by atoms with Gasteiger partial charge in [-0.1, -0.05) is 29.4 Å². The molecule has 1 amide bonds. The third-order valence-corrected chi connectivity index (χ3v) is 7.28. The van der Waals surface area contributed by atoms with Gasteiger partial charge in [0, 0.05) is 33.0 Å². The minimum absolute atomic E-state index is 0.0127. The number of halogens is 3. The molecule has 1 aliphatic rings. The molecule has 0 saturated heterocycles. The molecule has 12 heteroatoms. The summed E-state index contributed by atoms with van der Waals surface area (Å²) in [5.74, 6) is -2.77. The zero-order valence-electron chi connectivity index (χ0n) is 18.6. The largest absolute Gasteiger partial charge is 0.478 e. The van der Waals surface area contributed by atoms with Gasteiger partial charge in [0.1, 0.15) is 6.61 Å². The number of benzene rings is 2. The van der Waals surface area contributed by atoms with Crippen LogP contribution < -0.4 is 5.73 Å². The van der Waals surface area contributed by atoms with E-state index in [1.54, 1.807) is 23.0 Å². The standard InChI is InChI=1S/C24H19ClF2N4O4S/c25-16-7-6-15-21(19(16)27)31(13-10-29-30(11-13)8-9-35-24(28)34)20(12-4-5-12)22(15)36-17-3-1-2-14(18(17)26)23(32)33/h1-3,6-7,10-12H,4-5,8-9H2,(H2,28,34)(H,32,33). The Balaban J connectivity index is 1.67. The second kappa shape index (κ2) is 9.47. The molecule has 2 heterocycles. The molecule has 5 rings (SSSR count). The van der Waals surface area contributed by atoms with Crippen molar-refractivity contribution in [2.45, 2.75) is 35.1 Å². The van der Waals surface area contributed by atoms with Gasteiger partial charge < -0.3 is 20.1 Å². The number of ether oxygens (including phenoxy) is 1. The lowest BCUT2D eigenvalue weighted by molar-refractivity contribution is 0.0691. The summed E-state index contributed by atoms with van der Waals surface area (Å²) >= 11 is 7.20. The van der Waals surface area contributed by atoms with Gasteiger partial charge >= 0.3 is 12.1 Å². The normalized spacial score (nSPS) is 13.3. The number of rotatable bonds is 8. The topological polar surface area (TPSA) is 112 Å². The molecule has 0 unspecified atom stereocenters. The molecule has 1 saturated carbocycles. The van der Waals surface area contributed by atoms with E-state index in [4.69, 9.17) is 22.1 Å². The average Bonchev–Trinajstić information content (AvgIpc) is 3.47. The molecule has 0 spiro atoms. The summed E-state index contributed by atoms with van der Waals surface area (Å²) in [7, 11) is 0. The Morgan fingerprint density at radius 3 is 2.69 bits per heavy atom. The molecule has 1 fully saturated rings. The molecular weight excluding hydrogens is 514 g/mol. The Labute approximate surface area is 212 Å². The minimum Gasteiger partial charge on any atom is -0.478 e. The lowest BCUT2D eigenvalue weighted by Crippen LogP contribution is -2.16. The second-order valence-electron chi connectivity index (χ2n) is 8.24. The van der Waals surface area contributed by atoms with Gasteiger partial charge in [0.15, 0.2) is 11.6 Å².